The first-order chi connectivity index (χ1) is 28.4. The van der Waals surface area contributed by atoms with E-state index in [0.717, 1.165) is 83.5 Å². The average molecular weight is 817 g/mol. The van der Waals surface area contributed by atoms with Gasteiger partial charge in [-0.1, -0.05) is 170 Å². The maximum absolute atomic E-state index is 12.7. The summed E-state index contributed by atoms with van der Waals surface area (Å²) in [4.78, 5) is 12.7. The molecule has 0 aromatic heterocycles. The molecular weight excluding hydrogens is 733 g/mol. The lowest BCUT2D eigenvalue weighted by molar-refractivity contribution is -0.305. The predicted molar refractivity (Wildman–Crippen MR) is 237 cm³/mol. The monoisotopic (exact) mass is 817 g/mol. The van der Waals surface area contributed by atoms with Crippen molar-refractivity contribution in [1.82, 2.24) is 0 Å². The molecule has 58 heavy (non-hydrogen) atoms. The van der Waals surface area contributed by atoms with Gasteiger partial charge in [-0.05, 0) is 64.2 Å². The molecule has 0 aromatic rings. The van der Waals surface area contributed by atoms with Crippen molar-refractivity contribution < 1.29 is 44.2 Å². The van der Waals surface area contributed by atoms with Crippen LogP contribution in [0.25, 0.3) is 0 Å². The zero-order valence-corrected chi connectivity index (χ0v) is 36.5. The third kappa shape index (κ3) is 30.6. The predicted octanol–water partition coefficient (Wildman–Crippen LogP) is 10.5. The number of hydrogen-bond donors (Lipinski definition) is 4. The van der Waals surface area contributed by atoms with Crippen molar-refractivity contribution in [3.63, 3.8) is 0 Å². The van der Waals surface area contributed by atoms with E-state index in [-0.39, 0.29) is 19.2 Å². The van der Waals surface area contributed by atoms with Crippen LogP contribution in [-0.2, 0) is 23.7 Å². The number of carbonyl (C=O) groups is 1. The van der Waals surface area contributed by atoms with Crippen LogP contribution in [0.15, 0.2) is 72.9 Å². The standard InChI is InChI=1S/C49H84O9/c1-3-5-7-9-11-13-14-15-16-17-18-19-20-21-22-23-24-25-26-27-28-29-31-33-35-37-39-55-41-43(42-56-49-48(54)47(53)46(52)44(40-50)58-49)57-45(51)38-36-34-32-30-12-10-8-6-4-2/h5,7,11,13,15-16,18-19,21-22,24-25,43-44,46-50,52-54H,3-4,6,8-10,12,14,17,20,23,26-42H2,1-2H3/b7-5-,13-11-,16-15-,19-18-,22-21-,25-24-. The number of allylic oxidation sites excluding steroid dienone is 12. The Kier molecular flexibility index (Phi) is 37.1. The van der Waals surface area contributed by atoms with Crippen LogP contribution in [-0.4, -0.2) is 89.6 Å². The first-order valence-corrected chi connectivity index (χ1v) is 23.0. The number of aliphatic hydroxyl groups excluding tert-OH is 4. The molecule has 0 bridgehead atoms. The summed E-state index contributed by atoms with van der Waals surface area (Å²) in [5, 5.41) is 40.0. The fraction of sp³-hybridized carbons (Fsp3) is 0.735. The van der Waals surface area contributed by atoms with Gasteiger partial charge >= 0.3 is 5.97 Å². The number of carbonyl (C=O) groups excluding carboxylic acids is 1. The van der Waals surface area contributed by atoms with E-state index >= 15 is 0 Å². The van der Waals surface area contributed by atoms with Gasteiger partial charge in [0.1, 0.15) is 30.5 Å². The highest BCUT2D eigenvalue weighted by Crippen LogP contribution is 2.22. The summed E-state index contributed by atoms with van der Waals surface area (Å²) in [6.07, 6.45) is 45.1. The van der Waals surface area contributed by atoms with Crippen LogP contribution in [0.4, 0.5) is 0 Å². The molecular formula is C49H84O9. The Morgan fingerprint density at radius 2 is 1.05 bits per heavy atom. The largest absolute Gasteiger partial charge is 0.457 e. The Morgan fingerprint density at radius 1 is 0.569 bits per heavy atom. The Hall–Kier alpha value is -2.37. The van der Waals surface area contributed by atoms with Crippen LogP contribution < -0.4 is 0 Å². The van der Waals surface area contributed by atoms with Gasteiger partial charge in [-0.15, -0.1) is 0 Å². The van der Waals surface area contributed by atoms with E-state index in [0.29, 0.717) is 13.0 Å². The molecule has 1 saturated heterocycles. The van der Waals surface area contributed by atoms with Gasteiger partial charge in [-0.3, -0.25) is 4.79 Å². The first-order valence-electron chi connectivity index (χ1n) is 23.0. The Balaban J connectivity index is 2.19. The normalized spacial score (nSPS) is 21.0. The minimum atomic E-state index is -1.54. The fourth-order valence-corrected chi connectivity index (χ4v) is 6.55. The minimum absolute atomic E-state index is 0.120. The molecule has 1 heterocycles. The van der Waals surface area contributed by atoms with Gasteiger partial charge in [0.25, 0.3) is 0 Å². The third-order valence-corrected chi connectivity index (χ3v) is 10.1. The summed E-state index contributed by atoms with van der Waals surface area (Å²) in [6, 6.07) is 0. The minimum Gasteiger partial charge on any atom is -0.457 e. The van der Waals surface area contributed by atoms with Gasteiger partial charge in [-0.25, -0.2) is 0 Å². The molecule has 6 unspecified atom stereocenters. The van der Waals surface area contributed by atoms with Crippen LogP contribution >= 0.6 is 0 Å². The quantitative estimate of drug-likeness (QED) is 0.0273. The summed E-state index contributed by atoms with van der Waals surface area (Å²) in [5.41, 5.74) is 0. The number of rotatable bonds is 38. The second-order valence-corrected chi connectivity index (χ2v) is 15.5. The van der Waals surface area contributed by atoms with Crippen molar-refractivity contribution in [3.05, 3.63) is 72.9 Å². The second kappa shape index (κ2) is 40.1. The maximum atomic E-state index is 12.7. The Morgan fingerprint density at radius 3 is 1.59 bits per heavy atom. The Labute approximate surface area is 353 Å². The SMILES string of the molecule is CC/C=C\C/C=C\C/C=C\C/C=C\C/C=C\C/C=C\CCCCCCCCCOCC(COC1OC(CO)C(O)C(O)C1O)OC(=O)CCCCCCCCCCC. The average Bonchev–Trinajstić information content (AvgIpc) is 3.22. The van der Waals surface area contributed by atoms with E-state index in [1.165, 1.54) is 64.2 Å². The fourth-order valence-electron chi connectivity index (χ4n) is 6.55. The molecule has 0 aromatic carbocycles. The Bertz CT molecular complexity index is 1110. The molecule has 6 atom stereocenters. The van der Waals surface area contributed by atoms with Crippen LogP contribution in [0.5, 0.6) is 0 Å². The topological polar surface area (TPSA) is 135 Å². The van der Waals surface area contributed by atoms with Gasteiger partial charge in [-0.2, -0.15) is 0 Å². The van der Waals surface area contributed by atoms with Crippen LogP contribution in [0, 0.1) is 0 Å². The first kappa shape index (κ1) is 53.6. The van der Waals surface area contributed by atoms with Crippen LogP contribution in [0.1, 0.15) is 168 Å². The van der Waals surface area contributed by atoms with Gasteiger partial charge in [0, 0.05) is 13.0 Å². The number of hydrogen-bond acceptors (Lipinski definition) is 9. The number of ether oxygens (including phenoxy) is 4. The van der Waals surface area contributed by atoms with Crippen LogP contribution in [0.2, 0.25) is 0 Å². The molecule has 334 valence electrons. The lowest BCUT2D eigenvalue weighted by atomic mass is 9.99. The molecule has 0 amide bonds. The summed E-state index contributed by atoms with van der Waals surface area (Å²) >= 11 is 0. The number of unbranched alkanes of at least 4 members (excludes halogenated alkanes) is 15. The van der Waals surface area contributed by atoms with E-state index in [2.05, 4.69) is 86.8 Å². The van der Waals surface area contributed by atoms with E-state index in [1.807, 2.05) is 0 Å². The molecule has 1 aliphatic rings. The molecule has 1 rings (SSSR count). The summed E-state index contributed by atoms with van der Waals surface area (Å²) in [7, 11) is 0. The van der Waals surface area contributed by atoms with E-state index < -0.39 is 43.4 Å². The lowest BCUT2D eigenvalue weighted by Crippen LogP contribution is -2.59. The lowest BCUT2D eigenvalue weighted by Gasteiger charge is -2.39. The van der Waals surface area contributed by atoms with Crippen molar-refractivity contribution in [2.75, 3.05) is 26.4 Å². The summed E-state index contributed by atoms with van der Waals surface area (Å²) < 4.78 is 22.7. The molecule has 4 N–H and O–H groups in total. The molecule has 0 spiro atoms. The highest BCUT2D eigenvalue weighted by Gasteiger charge is 2.44. The zero-order chi connectivity index (χ0) is 42.2. The van der Waals surface area contributed by atoms with E-state index in [1.54, 1.807) is 0 Å². The summed E-state index contributed by atoms with van der Waals surface area (Å²) in [6.45, 7) is 4.38. The van der Waals surface area contributed by atoms with E-state index in [4.69, 9.17) is 18.9 Å². The maximum Gasteiger partial charge on any atom is 0.306 e. The smallest absolute Gasteiger partial charge is 0.306 e. The van der Waals surface area contributed by atoms with Crippen molar-refractivity contribution in [3.8, 4) is 0 Å². The van der Waals surface area contributed by atoms with Crippen LogP contribution in [0.3, 0.4) is 0 Å². The molecule has 1 fully saturated rings. The van der Waals surface area contributed by atoms with Gasteiger partial charge < -0.3 is 39.4 Å². The van der Waals surface area contributed by atoms with Crippen molar-refractivity contribution in [1.29, 1.82) is 0 Å². The van der Waals surface area contributed by atoms with Crippen molar-refractivity contribution >= 4 is 5.97 Å². The third-order valence-electron chi connectivity index (χ3n) is 10.1. The second-order valence-electron chi connectivity index (χ2n) is 15.5. The number of esters is 1. The van der Waals surface area contributed by atoms with Gasteiger partial charge in [0.15, 0.2) is 6.29 Å². The van der Waals surface area contributed by atoms with Gasteiger partial charge in [0.05, 0.1) is 19.8 Å². The molecule has 0 radical (unpaired) electrons. The molecule has 9 nitrogen and oxygen atoms in total. The van der Waals surface area contributed by atoms with Crippen molar-refractivity contribution in [2.24, 2.45) is 0 Å². The molecule has 0 saturated carbocycles. The highest BCUT2D eigenvalue weighted by molar-refractivity contribution is 5.69. The molecule has 1 aliphatic heterocycles. The molecule has 9 heteroatoms. The van der Waals surface area contributed by atoms with Gasteiger partial charge in [0.2, 0.25) is 0 Å². The molecule has 0 aliphatic carbocycles. The van der Waals surface area contributed by atoms with E-state index in [9.17, 15) is 25.2 Å². The highest BCUT2D eigenvalue weighted by atomic mass is 16.7. The number of aliphatic hydroxyl groups is 4. The van der Waals surface area contributed by atoms with Crippen molar-refractivity contribution in [2.45, 2.75) is 205 Å². The summed E-state index contributed by atoms with van der Waals surface area (Å²) in [5.74, 6) is -0.324. The zero-order valence-electron chi connectivity index (χ0n) is 36.5.